The molecule has 0 N–H and O–H groups in total. The zero-order valence-electron chi connectivity index (χ0n) is 12.3. The van der Waals surface area contributed by atoms with Gasteiger partial charge in [0.1, 0.15) is 11.5 Å². The molecule has 0 heterocycles. The number of hydrogen-bond acceptors (Lipinski definition) is 2. The molecule has 21 heavy (non-hydrogen) atoms. The predicted molar refractivity (Wildman–Crippen MR) is 83.8 cm³/mol. The Labute approximate surface area is 125 Å². The van der Waals surface area contributed by atoms with Gasteiger partial charge in [0, 0.05) is 12.8 Å². The number of ether oxygens (including phenoxy) is 1. The van der Waals surface area contributed by atoms with Gasteiger partial charge in [-0.25, -0.2) is 0 Å². The molecular weight excluding hydrogens is 260 g/mol. The van der Waals surface area contributed by atoms with E-state index in [4.69, 9.17) is 4.74 Å². The molecule has 0 saturated heterocycles. The van der Waals surface area contributed by atoms with E-state index in [1.54, 1.807) is 0 Å². The highest BCUT2D eigenvalue weighted by Crippen LogP contribution is 2.37. The molecule has 2 nitrogen and oxygen atoms in total. The highest BCUT2D eigenvalue weighted by molar-refractivity contribution is 5.80. The first-order valence-corrected chi connectivity index (χ1v) is 7.51. The van der Waals surface area contributed by atoms with Crippen molar-refractivity contribution < 1.29 is 9.53 Å². The van der Waals surface area contributed by atoms with Gasteiger partial charge in [-0.05, 0) is 48.1 Å². The lowest BCUT2D eigenvalue weighted by Gasteiger charge is -2.29. The third-order valence-corrected chi connectivity index (χ3v) is 4.07. The summed E-state index contributed by atoms with van der Waals surface area (Å²) < 4.78 is 5.64. The number of aryl methyl sites for hydroxylation is 1. The molecule has 0 spiro atoms. The highest BCUT2D eigenvalue weighted by Gasteiger charge is 2.27. The van der Waals surface area contributed by atoms with Crippen molar-refractivity contribution in [2.24, 2.45) is 0 Å². The first-order chi connectivity index (χ1) is 10.2. The second kappa shape index (κ2) is 6.13. The third kappa shape index (κ3) is 3.33. The maximum atomic E-state index is 12.0. The van der Waals surface area contributed by atoms with Crippen LogP contribution in [0.15, 0.2) is 48.5 Å². The van der Waals surface area contributed by atoms with Crippen LogP contribution in [0.4, 0.5) is 0 Å². The van der Waals surface area contributed by atoms with Gasteiger partial charge in [-0.1, -0.05) is 36.4 Å². The van der Waals surface area contributed by atoms with E-state index in [9.17, 15) is 4.79 Å². The Balaban J connectivity index is 1.44. The first-order valence-electron chi connectivity index (χ1n) is 7.51. The molecule has 0 aromatic heterocycles. The molecule has 1 aliphatic carbocycles. The summed E-state index contributed by atoms with van der Waals surface area (Å²) in [5.41, 5.74) is 3.92. The van der Waals surface area contributed by atoms with E-state index < -0.39 is 0 Å². The predicted octanol–water partition coefficient (Wildman–Crippen LogP) is 4.06. The van der Waals surface area contributed by atoms with E-state index in [1.165, 1.54) is 16.7 Å². The molecular formula is C19H20O2. The van der Waals surface area contributed by atoms with E-state index in [1.807, 2.05) is 31.2 Å². The van der Waals surface area contributed by atoms with Gasteiger partial charge in [0.2, 0.25) is 0 Å². The molecule has 0 fully saturated rings. The number of ketones is 1. The lowest BCUT2D eigenvalue weighted by Crippen LogP contribution is -2.20. The number of fused-ring (bicyclic) bond motifs is 1. The van der Waals surface area contributed by atoms with Crippen molar-refractivity contribution >= 4 is 5.78 Å². The number of hydrogen-bond donors (Lipinski definition) is 0. The number of Topliss-reactive ketones (excluding diaryl/α,β-unsaturated/α-hetero) is 1. The Morgan fingerprint density at radius 1 is 1.19 bits per heavy atom. The van der Waals surface area contributed by atoms with E-state index >= 15 is 0 Å². The minimum atomic E-state index is 0.294. The summed E-state index contributed by atoms with van der Waals surface area (Å²) in [7, 11) is 0. The fourth-order valence-electron chi connectivity index (χ4n) is 2.91. The van der Waals surface area contributed by atoms with Crippen LogP contribution in [0.25, 0.3) is 0 Å². The normalized spacial score (nSPS) is 16.0. The van der Waals surface area contributed by atoms with Crippen molar-refractivity contribution in [3.63, 3.8) is 0 Å². The van der Waals surface area contributed by atoms with Crippen molar-refractivity contribution in [2.45, 2.75) is 32.1 Å². The molecule has 108 valence electrons. The highest BCUT2D eigenvalue weighted by atomic mass is 16.5. The minimum absolute atomic E-state index is 0.294. The van der Waals surface area contributed by atoms with Crippen molar-refractivity contribution in [3.05, 3.63) is 65.2 Å². The molecule has 2 heteroatoms. The van der Waals surface area contributed by atoms with E-state index in [0.29, 0.717) is 31.1 Å². The average Bonchev–Trinajstić information content (AvgIpc) is 2.45. The van der Waals surface area contributed by atoms with Gasteiger partial charge in [0.05, 0.1) is 6.61 Å². The monoisotopic (exact) mass is 280 g/mol. The van der Waals surface area contributed by atoms with Gasteiger partial charge in [0.15, 0.2) is 0 Å². The Bertz CT molecular complexity index is 646. The van der Waals surface area contributed by atoms with Crippen molar-refractivity contribution in [3.8, 4) is 5.75 Å². The molecule has 2 aromatic carbocycles. The van der Waals surface area contributed by atoms with Crippen LogP contribution in [-0.4, -0.2) is 12.4 Å². The molecule has 3 rings (SSSR count). The molecule has 0 radical (unpaired) electrons. The maximum absolute atomic E-state index is 12.0. The Morgan fingerprint density at radius 2 is 2.05 bits per heavy atom. The van der Waals surface area contributed by atoms with Crippen molar-refractivity contribution in [1.29, 1.82) is 0 Å². The van der Waals surface area contributed by atoms with Gasteiger partial charge in [-0.15, -0.1) is 0 Å². The fourth-order valence-corrected chi connectivity index (χ4v) is 2.91. The van der Waals surface area contributed by atoms with Crippen molar-refractivity contribution in [2.75, 3.05) is 6.61 Å². The molecule has 1 aliphatic rings. The smallest absolute Gasteiger partial charge is 0.136 e. The van der Waals surface area contributed by atoms with Crippen LogP contribution in [0, 0.1) is 6.92 Å². The van der Waals surface area contributed by atoms with Gasteiger partial charge in [-0.2, -0.15) is 0 Å². The van der Waals surface area contributed by atoms with E-state index in [2.05, 4.69) is 24.3 Å². The lowest BCUT2D eigenvalue weighted by molar-refractivity contribution is -0.120. The summed E-state index contributed by atoms with van der Waals surface area (Å²) in [5, 5.41) is 0. The van der Waals surface area contributed by atoms with Crippen LogP contribution in [0.2, 0.25) is 0 Å². The Kier molecular flexibility index (Phi) is 4.05. The molecule has 0 amide bonds. The quantitative estimate of drug-likeness (QED) is 0.797. The fraction of sp³-hybridized carbons (Fsp3) is 0.316. The van der Waals surface area contributed by atoms with Crippen LogP contribution >= 0.6 is 0 Å². The molecule has 1 unspecified atom stereocenters. The first kappa shape index (κ1) is 13.9. The zero-order chi connectivity index (χ0) is 14.7. The Hall–Kier alpha value is -2.09. The average molecular weight is 280 g/mol. The molecule has 2 aromatic rings. The summed E-state index contributed by atoms with van der Waals surface area (Å²) >= 11 is 0. The van der Waals surface area contributed by atoms with Crippen LogP contribution in [0.5, 0.6) is 5.75 Å². The number of rotatable bonds is 6. The molecule has 0 bridgehead atoms. The van der Waals surface area contributed by atoms with Crippen LogP contribution < -0.4 is 4.74 Å². The molecule has 0 saturated carbocycles. The van der Waals surface area contributed by atoms with Gasteiger partial charge in [-0.3, -0.25) is 4.79 Å². The van der Waals surface area contributed by atoms with Crippen molar-refractivity contribution in [1.82, 2.24) is 0 Å². The van der Waals surface area contributed by atoms with Gasteiger partial charge < -0.3 is 4.74 Å². The van der Waals surface area contributed by atoms with E-state index in [0.717, 1.165) is 12.2 Å². The standard InChI is InChI=1S/C19H20O2/c1-14-5-4-7-18(11-14)21-10-9-17(20)13-16-12-15-6-2-3-8-19(15)16/h2-8,11,16H,9-10,12-13H2,1H3. The lowest BCUT2D eigenvalue weighted by atomic mass is 9.75. The summed E-state index contributed by atoms with van der Waals surface area (Å²) in [5.74, 6) is 1.56. The second-order valence-corrected chi connectivity index (χ2v) is 5.76. The number of carbonyl (C=O) groups excluding carboxylic acids is 1. The van der Waals surface area contributed by atoms with Gasteiger partial charge in [0.25, 0.3) is 0 Å². The second-order valence-electron chi connectivity index (χ2n) is 5.76. The minimum Gasteiger partial charge on any atom is -0.493 e. The SMILES string of the molecule is Cc1cccc(OCCC(=O)CC2Cc3ccccc32)c1. The van der Waals surface area contributed by atoms with E-state index in [-0.39, 0.29) is 0 Å². The molecule has 0 aliphatic heterocycles. The van der Waals surface area contributed by atoms with Gasteiger partial charge >= 0.3 is 0 Å². The summed E-state index contributed by atoms with van der Waals surface area (Å²) in [6.45, 7) is 2.50. The zero-order valence-corrected chi connectivity index (χ0v) is 12.3. The van der Waals surface area contributed by atoms with Crippen LogP contribution in [0.3, 0.4) is 0 Å². The number of benzene rings is 2. The molecule has 1 atom stereocenters. The summed E-state index contributed by atoms with van der Waals surface area (Å²) in [4.78, 5) is 12.0. The van der Waals surface area contributed by atoms with Crippen LogP contribution in [0.1, 0.15) is 35.4 Å². The van der Waals surface area contributed by atoms with Crippen LogP contribution in [-0.2, 0) is 11.2 Å². The largest absolute Gasteiger partial charge is 0.493 e. The number of carbonyl (C=O) groups is 1. The summed E-state index contributed by atoms with van der Waals surface area (Å²) in [6.07, 6.45) is 2.18. The topological polar surface area (TPSA) is 26.3 Å². The Morgan fingerprint density at radius 3 is 2.86 bits per heavy atom. The third-order valence-electron chi connectivity index (χ3n) is 4.07. The maximum Gasteiger partial charge on any atom is 0.136 e. The summed E-state index contributed by atoms with van der Waals surface area (Å²) in [6, 6.07) is 16.3.